The van der Waals surface area contributed by atoms with Crippen molar-refractivity contribution < 1.29 is 23.5 Å². The van der Waals surface area contributed by atoms with E-state index in [1.165, 1.54) is 23.4 Å². The third-order valence-corrected chi connectivity index (χ3v) is 6.51. The van der Waals surface area contributed by atoms with Crippen LogP contribution in [0.25, 0.3) is 0 Å². The molecule has 194 valence electrons. The number of halogens is 1. The maximum atomic E-state index is 13.6. The van der Waals surface area contributed by atoms with Crippen molar-refractivity contribution in [3.8, 4) is 5.75 Å². The lowest BCUT2D eigenvalue weighted by Gasteiger charge is -2.43. The molecule has 0 fully saturated rings. The Balaban J connectivity index is 1.54. The zero-order chi connectivity index (χ0) is 26.6. The number of nitrogens with zero attached hydrogens (tertiary/aromatic N) is 3. The fourth-order valence-electron chi connectivity index (χ4n) is 4.51. The first kappa shape index (κ1) is 25.9. The highest BCUT2D eigenvalue weighted by atomic mass is 19.1. The quantitative estimate of drug-likeness (QED) is 0.463. The van der Waals surface area contributed by atoms with Gasteiger partial charge < -0.3 is 24.8 Å². The summed E-state index contributed by atoms with van der Waals surface area (Å²) in [5, 5.41) is 5.68. The Bertz CT molecular complexity index is 1310. The minimum atomic E-state index is -1.20. The van der Waals surface area contributed by atoms with Crippen molar-refractivity contribution in [1.82, 2.24) is 25.1 Å². The Hall–Kier alpha value is -4.21. The van der Waals surface area contributed by atoms with Gasteiger partial charge in [0.2, 0.25) is 5.91 Å². The summed E-state index contributed by atoms with van der Waals surface area (Å²) in [5.41, 5.74) is 0.478. The molecule has 1 aliphatic rings. The number of hydrogen-bond donors (Lipinski definition) is 2. The Morgan fingerprint density at radius 1 is 1.11 bits per heavy atom. The normalized spacial score (nSPS) is 16.8. The molecule has 10 heteroatoms. The molecule has 1 aromatic heterocycles. The minimum Gasteiger partial charge on any atom is -0.496 e. The van der Waals surface area contributed by atoms with Crippen LogP contribution >= 0.6 is 0 Å². The molecule has 0 spiro atoms. The maximum Gasteiger partial charge on any atom is 0.273 e. The fraction of sp³-hybridized carbons (Fsp3) is 0.333. The van der Waals surface area contributed by atoms with Gasteiger partial charge in [0.1, 0.15) is 22.8 Å². The predicted octanol–water partition coefficient (Wildman–Crippen LogP) is 2.90. The molecule has 4 rings (SSSR count). The zero-order valence-corrected chi connectivity index (χ0v) is 21.1. The van der Waals surface area contributed by atoms with E-state index < -0.39 is 17.4 Å². The summed E-state index contributed by atoms with van der Waals surface area (Å²) < 4.78 is 20.1. The van der Waals surface area contributed by atoms with Gasteiger partial charge >= 0.3 is 0 Å². The number of amides is 3. The molecule has 37 heavy (non-hydrogen) atoms. The SMILES string of the molecule is CCCN1C(=O)c2c(C(=O)NCc3ccccc3OC)ncn2CC1(C)C(=O)NCc1ccc(F)cc1. The molecule has 0 bridgehead atoms. The van der Waals surface area contributed by atoms with Gasteiger partial charge in [-0.3, -0.25) is 14.4 Å². The average molecular weight is 508 g/mol. The van der Waals surface area contributed by atoms with Gasteiger partial charge in [-0.2, -0.15) is 0 Å². The predicted molar refractivity (Wildman–Crippen MR) is 134 cm³/mol. The molecule has 0 saturated heterocycles. The van der Waals surface area contributed by atoms with Gasteiger partial charge in [-0.1, -0.05) is 37.3 Å². The van der Waals surface area contributed by atoms with Gasteiger partial charge in [-0.25, -0.2) is 9.37 Å². The van der Waals surface area contributed by atoms with Crippen LogP contribution in [0, 0.1) is 5.82 Å². The lowest BCUT2D eigenvalue weighted by molar-refractivity contribution is -0.133. The summed E-state index contributed by atoms with van der Waals surface area (Å²) in [6.45, 7) is 4.46. The van der Waals surface area contributed by atoms with Gasteiger partial charge in [0, 0.05) is 25.2 Å². The standard InChI is InChI=1S/C27H30FN5O4/c1-4-13-33-25(35)23-22(24(34)29-15-19-7-5-6-8-21(19)37-3)31-17-32(23)16-27(33,2)26(36)30-14-18-9-11-20(28)12-10-18/h5-12,17H,4,13-16H2,1-3H3,(H,29,34)(H,30,36). The molecule has 0 radical (unpaired) electrons. The minimum absolute atomic E-state index is 0.00905. The summed E-state index contributed by atoms with van der Waals surface area (Å²) in [6.07, 6.45) is 2.04. The Morgan fingerprint density at radius 2 is 1.84 bits per heavy atom. The number of carbonyl (C=O) groups is 3. The van der Waals surface area contributed by atoms with E-state index in [9.17, 15) is 18.8 Å². The van der Waals surface area contributed by atoms with Crippen molar-refractivity contribution in [2.75, 3.05) is 13.7 Å². The maximum absolute atomic E-state index is 13.6. The number of ether oxygens (including phenoxy) is 1. The first-order chi connectivity index (χ1) is 17.8. The van der Waals surface area contributed by atoms with E-state index in [1.807, 2.05) is 25.1 Å². The Kier molecular flexibility index (Phi) is 7.56. The number of hydrogen-bond acceptors (Lipinski definition) is 5. The summed E-state index contributed by atoms with van der Waals surface area (Å²) in [6, 6.07) is 13.2. The molecular formula is C27H30FN5O4. The number of rotatable bonds is 9. The van der Waals surface area contributed by atoms with Crippen LogP contribution in [-0.4, -0.2) is 51.4 Å². The molecule has 2 N–H and O–H groups in total. The van der Waals surface area contributed by atoms with E-state index in [2.05, 4.69) is 15.6 Å². The number of benzene rings is 2. The van der Waals surface area contributed by atoms with E-state index in [-0.39, 0.29) is 42.7 Å². The fourth-order valence-corrected chi connectivity index (χ4v) is 4.51. The van der Waals surface area contributed by atoms with Crippen LogP contribution in [0.1, 0.15) is 52.4 Å². The first-order valence-corrected chi connectivity index (χ1v) is 12.1. The molecule has 1 atom stereocenters. The average Bonchev–Trinajstić information content (AvgIpc) is 3.33. The number of para-hydroxylation sites is 1. The lowest BCUT2D eigenvalue weighted by Crippen LogP contribution is -2.64. The summed E-state index contributed by atoms with van der Waals surface area (Å²) in [4.78, 5) is 45.8. The Labute approximate surface area is 214 Å². The van der Waals surface area contributed by atoms with Crippen molar-refractivity contribution >= 4 is 17.7 Å². The first-order valence-electron chi connectivity index (χ1n) is 12.1. The number of imidazole rings is 1. The Morgan fingerprint density at radius 3 is 2.54 bits per heavy atom. The highest BCUT2D eigenvalue weighted by molar-refractivity contribution is 6.07. The van der Waals surface area contributed by atoms with Gasteiger partial charge in [0.25, 0.3) is 11.8 Å². The second kappa shape index (κ2) is 10.8. The van der Waals surface area contributed by atoms with Gasteiger partial charge in [0.05, 0.1) is 20.0 Å². The van der Waals surface area contributed by atoms with Crippen LogP contribution in [0.5, 0.6) is 5.75 Å². The molecule has 3 amide bonds. The number of methoxy groups -OCH3 is 1. The van der Waals surface area contributed by atoms with E-state index in [0.717, 1.165) is 11.1 Å². The van der Waals surface area contributed by atoms with Crippen LogP contribution in [0.4, 0.5) is 4.39 Å². The second-order valence-electron chi connectivity index (χ2n) is 9.10. The monoisotopic (exact) mass is 507 g/mol. The molecule has 2 aromatic carbocycles. The molecule has 3 aromatic rings. The van der Waals surface area contributed by atoms with Crippen LogP contribution in [0.2, 0.25) is 0 Å². The van der Waals surface area contributed by atoms with Crippen molar-refractivity contribution in [2.24, 2.45) is 0 Å². The highest BCUT2D eigenvalue weighted by Gasteiger charge is 2.48. The van der Waals surface area contributed by atoms with Crippen LogP contribution in [-0.2, 0) is 24.4 Å². The summed E-state index contributed by atoms with van der Waals surface area (Å²) in [7, 11) is 1.56. The van der Waals surface area contributed by atoms with Gasteiger partial charge in [-0.05, 0) is 37.1 Å². The number of aromatic nitrogens is 2. The van der Waals surface area contributed by atoms with Crippen LogP contribution in [0.3, 0.4) is 0 Å². The smallest absolute Gasteiger partial charge is 0.273 e. The molecule has 1 aliphatic heterocycles. The zero-order valence-electron chi connectivity index (χ0n) is 21.1. The number of nitrogens with one attached hydrogen (secondary N) is 2. The number of carbonyl (C=O) groups excluding carboxylic acids is 3. The molecular weight excluding hydrogens is 477 g/mol. The highest BCUT2D eigenvalue weighted by Crippen LogP contribution is 2.29. The van der Waals surface area contributed by atoms with Crippen molar-refractivity contribution in [2.45, 2.75) is 45.4 Å². The molecule has 1 unspecified atom stereocenters. The topological polar surface area (TPSA) is 106 Å². The summed E-state index contributed by atoms with van der Waals surface area (Å²) in [5.74, 6) is -0.992. The second-order valence-corrected chi connectivity index (χ2v) is 9.10. The van der Waals surface area contributed by atoms with E-state index in [1.54, 1.807) is 36.8 Å². The van der Waals surface area contributed by atoms with Crippen molar-refractivity contribution in [1.29, 1.82) is 0 Å². The van der Waals surface area contributed by atoms with Crippen molar-refractivity contribution in [3.63, 3.8) is 0 Å². The lowest BCUT2D eigenvalue weighted by atomic mass is 9.94. The van der Waals surface area contributed by atoms with E-state index in [0.29, 0.717) is 18.7 Å². The molecule has 9 nitrogen and oxygen atoms in total. The summed E-state index contributed by atoms with van der Waals surface area (Å²) >= 11 is 0. The number of fused-ring (bicyclic) bond motifs is 1. The van der Waals surface area contributed by atoms with E-state index >= 15 is 0 Å². The third kappa shape index (κ3) is 5.18. The third-order valence-electron chi connectivity index (χ3n) is 6.51. The van der Waals surface area contributed by atoms with Crippen LogP contribution < -0.4 is 15.4 Å². The molecule has 0 saturated carbocycles. The largest absolute Gasteiger partial charge is 0.496 e. The van der Waals surface area contributed by atoms with Gasteiger partial charge in [-0.15, -0.1) is 0 Å². The molecule has 0 aliphatic carbocycles. The van der Waals surface area contributed by atoms with Crippen LogP contribution in [0.15, 0.2) is 54.9 Å². The van der Waals surface area contributed by atoms with Crippen molar-refractivity contribution in [3.05, 3.63) is 83.2 Å². The van der Waals surface area contributed by atoms with E-state index in [4.69, 9.17) is 4.74 Å². The van der Waals surface area contributed by atoms with Gasteiger partial charge in [0.15, 0.2) is 5.69 Å². The molecule has 2 heterocycles.